The Labute approximate surface area is 123 Å². The highest BCUT2D eigenvalue weighted by Crippen LogP contribution is 2.35. The van der Waals surface area contributed by atoms with Crippen molar-refractivity contribution in [2.24, 2.45) is 7.05 Å². The Kier molecular flexibility index (Phi) is 4.69. The van der Waals surface area contributed by atoms with Crippen LogP contribution in [-0.4, -0.2) is 33.7 Å². The van der Waals surface area contributed by atoms with Crippen molar-refractivity contribution in [1.29, 1.82) is 0 Å². The summed E-state index contributed by atoms with van der Waals surface area (Å²) < 4.78 is 8.35. The summed E-state index contributed by atoms with van der Waals surface area (Å²) in [5.41, 5.74) is 1.47. The first-order valence-corrected chi connectivity index (χ1v) is 7.74. The Bertz CT molecular complexity index is 447. The molecule has 1 N–H and O–H groups in total. The summed E-state index contributed by atoms with van der Waals surface area (Å²) in [4.78, 5) is 0. The van der Waals surface area contributed by atoms with Crippen molar-refractivity contribution in [3.63, 3.8) is 0 Å². The molecule has 2 unspecified atom stereocenters. The molecule has 0 amide bonds. The molecule has 5 heteroatoms. The third-order valence-corrected chi connectivity index (χ3v) is 5.02. The molecule has 0 saturated heterocycles. The van der Waals surface area contributed by atoms with Crippen LogP contribution >= 0.6 is 15.9 Å². The maximum atomic E-state index is 10.8. The van der Waals surface area contributed by atoms with Gasteiger partial charge in [0.2, 0.25) is 0 Å². The van der Waals surface area contributed by atoms with Crippen LogP contribution in [0.2, 0.25) is 0 Å². The Balaban J connectivity index is 2.18. The Morgan fingerprint density at radius 2 is 2.32 bits per heavy atom. The average molecular weight is 331 g/mol. The molecule has 0 radical (unpaired) electrons. The molecule has 1 aromatic rings. The summed E-state index contributed by atoms with van der Waals surface area (Å²) in [6.07, 6.45) is 5.33. The van der Waals surface area contributed by atoms with E-state index in [1.165, 1.54) is 0 Å². The second-order valence-corrected chi connectivity index (χ2v) is 6.33. The molecule has 108 valence electrons. The number of hydrogen-bond donors (Lipinski definition) is 1. The number of aliphatic hydroxyl groups is 1. The summed E-state index contributed by atoms with van der Waals surface area (Å²) in [6, 6.07) is 0. The van der Waals surface area contributed by atoms with E-state index in [0.29, 0.717) is 12.8 Å². The first kappa shape index (κ1) is 15.0. The minimum atomic E-state index is -0.666. The topological polar surface area (TPSA) is 47.3 Å². The lowest BCUT2D eigenvalue weighted by molar-refractivity contribution is -0.0591. The molecular weight excluding hydrogens is 308 g/mol. The molecule has 0 aromatic carbocycles. The van der Waals surface area contributed by atoms with E-state index in [0.717, 1.165) is 41.5 Å². The van der Waals surface area contributed by atoms with Gasteiger partial charge in [-0.25, -0.2) is 0 Å². The SMILES string of the molecule is CCc1nn(C)c(CC2(O)CCCC(OC)C2)c1Br. The van der Waals surface area contributed by atoms with E-state index in [-0.39, 0.29) is 6.10 Å². The highest BCUT2D eigenvalue weighted by Gasteiger charge is 2.36. The van der Waals surface area contributed by atoms with E-state index in [2.05, 4.69) is 28.0 Å². The average Bonchev–Trinajstić information content (AvgIpc) is 2.66. The fourth-order valence-corrected chi connectivity index (χ4v) is 3.73. The third-order valence-electron chi connectivity index (χ3n) is 4.11. The number of methoxy groups -OCH3 is 1. The van der Waals surface area contributed by atoms with Crippen molar-refractivity contribution in [2.45, 2.75) is 57.2 Å². The van der Waals surface area contributed by atoms with Gasteiger partial charge in [-0.3, -0.25) is 4.68 Å². The standard InChI is InChI=1S/C14H23BrN2O2/c1-4-11-13(15)12(17(2)16-11)9-14(18)7-5-6-10(8-14)19-3/h10,18H,4-9H2,1-3H3. The van der Waals surface area contributed by atoms with Crippen LogP contribution in [0.3, 0.4) is 0 Å². The summed E-state index contributed by atoms with van der Waals surface area (Å²) in [5.74, 6) is 0. The first-order valence-electron chi connectivity index (χ1n) is 6.94. The molecule has 0 spiro atoms. The molecule has 19 heavy (non-hydrogen) atoms. The van der Waals surface area contributed by atoms with Crippen molar-refractivity contribution in [1.82, 2.24) is 9.78 Å². The van der Waals surface area contributed by atoms with Gasteiger partial charge in [-0.2, -0.15) is 5.10 Å². The molecule has 1 aromatic heterocycles. The number of ether oxygens (including phenoxy) is 1. The summed E-state index contributed by atoms with van der Waals surface area (Å²) in [6.45, 7) is 2.09. The van der Waals surface area contributed by atoms with E-state index < -0.39 is 5.60 Å². The number of rotatable bonds is 4. The molecule has 0 bridgehead atoms. The van der Waals surface area contributed by atoms with Crippen molar-refractivity contribution in [3.8, 4) is 0 Å². The van der Waals surface area contributed by atoms with Gasteiger partial charge in [0.25, 0.3) is 0 Å². The molecule has 1 aliphatic rings. The first-order chi connectivity index (χ1) is 8.99. The monoisotopic (exact) mass is 330 g/mol. The molecule has 2 atom stereocenters. The number of aryl methyl sites for hydroxylation is 2. The zero-order chi connectivity index (χ0) is 14.0. The van der Waals surface area contributed by atoms with Crippen LogP contribution in [0.5, 0.6) is 0 Å². The number of halogens is 1. The van der Waals surface area contributed by atoms with Crippen LogP contribution in [-0.2, 0) is 24.6 Å². The van der Waals surface area contributed by atoms with Crippen LogP contribution < -0.4 is 0 Å². The zero-order valence-electron chi connectivity index (χ0n) is 11.9. The normalized spacial score (nSPS) is 27.7. The third kappa shape index (κ3) is 3.20. The van der Waals surface area contributed by atoms with Gasteiger partial charge in [0.15, 0.2) is 0 Å². The number of nitrogens with zero attached hydrogens (tertiary/aromatic N) is 2. The van der Waals surface area contributed by atoms with E-state index in [9.17, 15) is 5.11 Å². The largest absolute Gasteiger partial charge is 0.389 e. The molecule has 4 nitrogen and oxygen atoms in total. The maximum Gasteiger partial charge on any atom is 0.0766 e. The molecule has 0 aliphatic heterocycles. The number of hydrogen-bond acceptors (Lipinski definition) is 3. The molecule has 2 rings (SSSR count). The lowest BCUT2D eigenvalue weighted by Gasteiger charge is -2.36. The smallest absolute Gasteiger partial charge is 0.0766 e. The van der Waals surface area contributed by atoms with E-state index in [1.54, 1.807) is 7.11 Å². The van der Waals surface area contributed by atoms with Crippen molar-refractivity contribution in [2.75, 3.05) is 7.11 Å². The van der Waals surface area contributed by atoms with Gasteiger partial charge in [0.05, 0.1) is 27.6 Å². The Morgan fingerprint density at radius 3 is 2.89 bits per heavy atom. The Hall–Kier alpha value is -0.390. The minimum absolute atomic E-state index is 0.177. The van der Waals surface area contributed by atoms with Crippen LogP contribution in [0.15, 0.2) is 4.47 Å². The predicted molar refractivity (Wildman–Crippen MR) is 78.2 cm³/mol. The maximum absolute atomic E-state index is 10.8. The lowest BCUT2D eigenvalue weighted by Crippen LogP contribution is -2.40. The predicted octanol–water partition coefficient (Wildman–Crippen LogP) is 2.61. The lowest BCUT2D eigenvalue weighted by atomic mass is 9.80. The summed E-state index contributed by atoms with van der Waals surface area (Å²) in [5, 5.41) is 15.3. The highest BCUT2D eigenvalue weighted by atomic mass is 79.9. The van der Waals surface area contributed by atoms with Crippen LogP contribution in [0.4, 0.5) is 0 Å². The number of aromatic nitrogens is 2. The van der Waals surface area contributed by atoms with Crippen molar-refractivity contribution in [3.05, 3.63) is 15.9 Å². The van der Waals surface area contributed by atoms with E-state index >= 15 is 0 Å². The fourth-order valence-electron chi connectivity index (χ4n) is 2.97. The minimum Gasteiger partial charge on any atom is -0.389 e. The summed E-state index contributed by atoms with van der Waals surface area (Å²) >= 11 is 3.62. The Morgan fingerprint density at radius 1 is 1.58 bits per heavy atom. The second kappa shape index (κ2) is 5.94. The molecule has 1 heterocycles. The van der Waals surface area contributed by atoms with Gasteiger partial charge in [-0.15, -0.1) is 0 Å². The van der Waals surface area contributed by atoms with Crippen molar-refractivity contribution < 1.29 is 9.84 Å². The molecule has 1 aliphatic carbocycles. The van der Waals surface area contributed by atoms with Gasteiger partial charge in [0, 0.05) is 27.0 Å². The second-order valence-electron chi connectivity index (χ2n) is 5.54. The van der Waals surface area contributed by atoms with Crippen molar-refractivity contribution >= 4 is 15.9 Å². The molecule has 1 fully saturated rings. The fraction of sp³-hybridized carbons (Fsp3) is 0.786. The van der Waals surface area contributed by atoms with Gasteiger partial charge in [-0.1, -0.05) is 6.92 Å². The van der Waals surface area contributed by atoms with Crippen LogP contribution in [0.1, 0.15) is 44.0 Å². The summed E-state index contributed by atoms with van der Waals surface area (Å²) in [7, 11) is 3.67. The molecule has 1 saturated carbocycles. The van der Waals surface area contributed by atoms with Gasteiger partial charge < -0.3 is 9.84 Å². The molecular formula is C14H23BrN2O2. The van der Waals surface area contributed by atoms with Crippen LogP contribution in [0.25, 0.3) is 0 Å². The quantitative estimate of drug-likeness (QED) is 0.923. The van der Waals surface area contributed by atoms with Gasteiger partial charge >= 0.3 is 0 Å². The van der Waals surface area contributed by atoms with Gasteiger partial charge in [-0.05, 0) is 41.6 Å². The van der Waals surface area contributed by atoms with Crippen LogP contribution in [0, 0.1) is 0 Å². The zero-order valence-corrected chi connectivity index (χ0v) is 13.5. The highest BCUT2D eigenvalue weighted by molar-refractivity contribution is 9.10. The van der Waals surface area contributed by atoms with E-state index in [1.807, 2.05) is 11.7 Å². The van der Waals surface area contributed by atoms with E-state index in [4.69, 9.17) is 4.74 Å². The van der Waals surface area contributed by atoms with Gasteiger partial charge in [0.1, 0.15) is 0 Å².